The van der Waals surface area contributed by atoms with Gasteiger partial charge in [-0.25, -0.2) is 4.79 Å². The van der Waals surface area contributed by atoms with E-state index in [2.05, 4.69) is 10.6 Å². The first kappa shape index (κ1) is 16.5. The van der Waals surface area contributed by atoms with Crippen molar-refractivity contribution in [2.24, 2.45) is 0 Å². The molecule has 1 heterocycles. The molecule has 0 aromatic heterocycles. The minimum Gasteiger partial charge on any atom is -0.481 e. The average Bonchev–Trinajstić information content (AvgIpc) is 2.61. The van der Waals surface area contributed by atoms with Gasteiger partial charge in [-0.1, -0.05) is 6.07 Å². The molecule has 0 spiro atoms. The summed E-state index contributed by atoms with van der Waals surface area (Å²) in [6, 6.07) is 11.3. The first-order chi connectivity index (χ1) is 12.1. The van der Waals surface area contributed by atoms with Crippen LogP contribution in [0.5, 0.6) is 5.75 Å². The quantitative estimate of drug-likeness (QED) is 0.834. The smallest absolute Gasteiger partial charge is 0.338 e. The summed E-state index contributed by atoms with van der Waals surface area (Å²) in [5.41, 5.74) is 1.70. The number of esters is 1. The molecule has 0 aliphatic carbocycles. The lowest BCUT2D eigenvalue weighted by Gasteiger charge is -2.20. The van der Waals surface area contributed by atoms with Crippen molar-refractivity contribution in [1.29, 1.82) is 0 Å². The average molecular weight is 340 g/mol. The van der Waals surface area contributed by atoms with E-state index >= 15 is 0 Å². The van der Waals surface area contributed by atoms with Gasteiger partial charge in [0.2, 0.25) is 0 Å². The van der Waals surface area contributed by atoms with Gasteiger partial charge in [0.15, 0.2) is 12.4 Å². The van der Waals surface area contributed by atoms with Crippen LogP contribution in [0.2, 0.25) is 0 Å². The van der Waals surface area contributed by atoms with Crippen LogP contribution in [-0.4, -0.2) is 31.0 Å². The summed E-state index contributed by atoms with van der Waals surface area (Å²) in [5.74, 6) is -0.721. The Labute approximate surface area is 143 Å². The van der Waals surface area contributed by atoms with E-state index < -0.39 is 5.97 Å². The van der Waals surface area contributed by atoms with E-state index in [1.165, 1.54) is 0 Å². The molecule has 0 saturated carbocycles. The van der Waals surface area contributed by atoms with Crippen molar-refractivity contribution in [3.8, 4) is 5.75 Å². The van der Waals surface area contributed by atoms with Crippen LogP contribution in [0.25, 0.3) is 0 Å². The molecule has 0 atom stereocenters. The van der Waals surface area contributed by atoms with Gasteiger partial charge in [-0.05, 0) is 43.3 Å². The fraction of sp³-hybridized carbons (Fsp3) is 0.167. The molecule has 2 N–H and O–H groups in total. The van der Waals surface area contributed by atoms with Crippen LogP contribution in [0.1, 0.15) is 27.6 Å². The van der Waals surface area contributed by atoms with E-state index in [1.54, 1.807) is 49.4 Å². The van der Waals surface area contributed by atoms with Crippen molar-refractivity contribution in [2.45, 2.75) is 6.92 Å². The van der Waals surface area contributed by atoms with E-state index in [0.29, 0.717) is 34.9 Å². The number of carbonyl (C=O) groups excluding carboxylic acids is 3. The number of hydrogen-bond donors (Lipinski definition) is 2. The topological polar surface area (TPSA) is 93.7 Å². The Balaban J connectivity index is 1.76. The van der Waals surface area contributed by atoms with Crippen molar-refractivity contribution < 1.29 is 23.9 Å². The molecular formula is C18H16N2O5. The van der Waals surface area contributed by atoms with Gasteiger partial charge in [0, 0.05) is 5.69 Å². The molecule has 2 aromatic rings. The lowest BCUT2D eigenvalue weighted by atomic mass is 10.1. The zero-order valence-corrected chi connectivity index (χ0v) is 13.5. The monoisotopic (exact) mass is 340 g/mol. The third-order valence-electron chi connectivity index (χ3n) is 3.54. The Morgan fingerprint density at radius 3 is 2.68 bits per heavy atom. The summed E-state index contributed by atoms with van der Waals surface area (Å²) in [6.45, 7) is 1.90. The van der Waals surface area contributed by atoms with Gasteiger partial charge >= 0.3 is 5.97 Å². The van der Waals surface area contributed by atoms with E-state index in [0.717, 1.165) is 0 Å². The zero-order chi connectivity index (χ0) is 17.8. The van der Waals surface area contributed by atoms with Gasteiger partial charge in [0.25, 0.3) is 11.8 Å². The lowest BCUT2D eigenvalue weighted by molar-refractivity contribution is -0.118. The predicted molar refractivity (Wildman–Crippen MR) is 90.9 cm³/mol. The number of benzene rings is 2. The number of amides is 2. The summed E-state index contributed by atoms with van der Waals surface area (Å²) < 4.78 is 10.3. The normalized spacial score (nSPS) is 12.4. The summed E-state index contributed by atoms with van der Waals surface area (Å²) in [4.78, 5) is 35.5. The molecule has 1 aliphatic heterocycles. The molecule has 1 aliphatic rings. The van der Waals surface area contributed by atoms with E-state index in [1.807, 2.05) is 0 Å². The number of anilines is 2. The predicted octanol–water partition coefficient (Wildman–Crippen LogP) is 2.45. The first-order valence-corrected chi connectivity index (χ1v) is 7.72. The summed E-state index contributed by atoms with van der Waals surface area (Å²) in [6.07, 6.45) is 0. The van der Waals surface area contributed by atoms with Crippen LogP contribution in [0.15, 0.2) is 42.5 Å². The number of rotatable bonds is 4. The Hall–Kier alpha value is -3.35. The molecule has 7 nitrogen and oxygen atoms in total. The van der Waals surface area contributed by atoms with Crippen molar-refractivity contribution >= 4 is 29.2 Å². The molecule has 0 saturated heterocycles. The van der Waals surface area contributed by atoms with Gasteiger partial charge in [0.05, 0.1) is 23.4 Å². The molecule has 25 heavy (non-hydrogen) atoms. The molecule has 2 amide bonds. The zero-order valence-electron chi connectivity index (χ0n) is 13.5. The Morgan fingerprint density at radius 1 is 1.20 bits per heavy atom. The Kier molecular flexibility index (Phi) is 4.65. The van der Waals surface area contributed by atoms with Crippen LogP contribution in [-0.2, 0) is 9.53 Å². The summed E-state index contributed by atoms with van der Waals surface area (Å²) >= 11 is 0. The van der Waals surface area contributed by atoms with Crippen molar-refractivity contribution in [2.75, 3.05) is 23.8 Å². The second kappa shape index (κ2) is 7.04. The van der Waals surface area contributed by atoms with Crippen molar-refractivity contribution in [1.82, 2.24) is 0 Å². The SMILES string of the molecule is CCOC(=O)c1ccc(NC(=O)c2cccc3c2OCC(=O)N3)cc1. The molecule has 0 radical (unpaired) electrons. The van der Waals surface area contributed by atoms with Crippen LogP contribution >= 0.6 is 0 Å². The maximum atomic E-state index is 12.5. The number of carbonyl (C=O) groups is 3. The minimum atomic E-state index is -0.415. The van der Waals surface area contributed by atoms with Crippen molar-refractivity contribution in [3.63, 3.8) is 0 Å². The Morgan fingerprint density at radius 2 is 1.96 bits per heavy atom. The number of hydrogen-bond acceptors (Lipinski definition) is 5. The number of para-hydroxylation sites is 1. The molecule has 0 fully saturated rings. The molecule has 128 valence electrons. The van der Waals surface area contributed by atoms with Crippen molar-refractivity contribution in [3.05, 3.63) is 53.6 Å². The molecule has 0 unspecified atom stereocenters. The molecule has 7 heteroatoms. The van der Waals surface area contributed by atoms with Crippen LogP contribution in [0.4, 0.5) is 11.4 Å². The molecule has 3 rings (SSSR count). The second-order valence-electron chi connectivity index (χ2n) is 5.27. The summed E-state index contributed by atoms with van der Waals surface area (Å²) in [5, 5.41) is 5.39. The van der Waals surface area contributed by atoms with Gasteiger partial charge < -0.3 is 20.1 Å². The van der Waals surface area contributed by atoms with Crippen LogP contribution in [0.3, 0.4) is 0 Å². The number of fused-ring (bicyclic) bond motifs is 1. The minimum absolute atomic E-state index is 0.133. The third kappa shape index (κ3) is 3.60. The Bertz CT molecular complexity index is 830. The molecular weight excluding hydrogens is 324 g/mol. The molecule has 0 bridgehead atoms. The highest BCUT2D eigenvalue weighted by Gasteiger charge is 2.22. The fourth-order valence-electron chi connectivity index (χ4n) is 2.40. The van der Waals surface area contributed by atoms with E-state index in [9.17, 15) is 14.4 Å². The van der Waals surface area contributed by atoms with Gasteiger partial charge in [-0.3, -0.25) is 9.59 Å². The first-order valence-electron chi connectivity index (χ1n) is 7.72. The largest absolute Gasteiger partial charge is 0.481 e. The fourth-order valence-corrected chi connectivity index (χ4v) is 2.40. The van der Waals surface area contributed by atoms with Crippen LogP contribution < -0.4 is 15.4 Å². The highest BCUT2D eigenvalue weighted by Crippen LogP contribution is 2.32. The lowest BCUT2D eigenvalue weighted by Crippen LogP contribution is -2.27. The van der Waals surface area contributed by atoms with Crippen LogP contribution in [0, 0.1) is 0 Å². The van der Waals surface area contributed by atoms with Gasteiger partial charge in [-0.2, -0.15) is 0 Å². The highest BCUT2D eigenvalue weighted by molar-refractivity contribution is 6.09. The van der Waals surface area contributed by atoms with Gasteiger partial charge in [-0.15, -0.1) is 0 Å². The summed E-state index contributed by atoms with van der Waals surface area (Å²) in [7, 11) is 0. The number of ether oxygens (including phenoxy) is 2. The maximum Gasteiger partial charge on any atom is 0.338 e. The molecule has 2 aromatic carbocycles. The second-order valence-corrected chi connectivity index (χ2v) is 5.27. The van der Waals surface area contributed by atoms with E-state index in [-0.39, 0.29) is 18.4 Å². The highest BCUT2D eigenvalue weighted by atomic mass is 16.5. The standard InChI is InChI=1S/C18H16N2O5/c1-2-24-18(23)11-6-8-12(9-7-11)19-17(22)13-4-3-5-14-16(13)25-10-15(21)20-14/h3-9H,2,10H2,1H3,(H,19,22)(H,20,21). The number of nitrogens with one attached hydrogen (secondary N) is 2. The third-order valence-corrected chi connectivity index (χ3v) is 3.54. The maximum absolute atomic E-state index is 12.5. The van der Waals surface area contributed by atoms with Gasteiger partial charge in [0.1, 0.15) is 0 Å². The van der Waals surface area contributed by atoms with E-state index in [4.69, 9.17) is 9.47 Å².